The predicted octanol–water partition coefficient (Wildman–Crippen LogP) is 2.37. The fourth-order valence-corrected chi connectivity index (χ4v) is 5.19. The average molecular weight is 364 g/mol. The number of phenols is 3. The van der Waals surface area contributed by atoms with Crippen molar-refractivity contribution in [1.29, 1.82) is 0 Å². The van der Waals surface area contributed by atoms with E-state index in [1.807, 2.05) is 20.8 Å². The van der Waals surface area contributed by atoms with Crippen LogP contribution in [-0.4, -0.2) is 43.5 Å². The van der Waals surface area contributed by atoms with Crippen molar-refractivity contribution in [1.82, 2.24) is 0 Å². The molecule has 4 atom stereocenters. The number of Topliss-reactive ketones (excluding diaryl/α,β-unsaturated/α-hetero) is 1. The molecule has 2 aliphatic rings. The van der Waals surface area contributed by atoms with Gasteiger partial charge in [-0.2, -0.15) is 0 Å². The largest absolute Gasteiger partial charge is 0.507 e. The third-order valence-corrected chi connectivity index (χ3v) is 6.72. The maximum Gasteiger partial charge on any atom is 0.167 e. The molecule has 1 aromatic carbocycles. The van der Waals surface area contributed by atoms with Crippen LogP contribution in [0.15, 0.2) is 0 Å². The van der Waals surface area contributed by atoms with Crippen molar-refractivity contribution >= 4 is 5.78 Å². The fraction of sp³-hybridized carbons (Fsp3) is 0.650. The third-order valence-electron chi connectivity index (χ3n) is 6.72. The molecule has 1 saturated carbocycles. The summed E-state index contributed by atoms with van der Waals surface area (Å²) in [7, 11) is 0. The van der Waals surface area contributed by atoms with Gasteiger partial charge in [0, 0.05) is 29.4 Å². The average Bonchev–Trinajstić information content (AvgIpc) is 2.54. The number of hydrogen-bond donors (Lipinski definition) is 5. The van der Waals surface area contributed by atoms with Crippen molar-refractivity contribution in [2.75, 3.05) is 0 Å². The summed E-state index contributed by atoms with van der Waals surface area (Å²) in [5.74, 6) is -1.79. The van der Waals surface area contributed by atoms with E-state index in [1.54, 1.807) is 0 Å². The minimum absolute atomic E-state index is 0.0123. The molecule has 0 unspecified atom stereocenters. The van der Waals surface area contributed by atoms with Crippen LogP contribution in [0.3, 0.4) is 0 Å². The van der Waals surface area contributed by atoms with E-state index in [0.29, 0.717) is 12.8 Å². The zero-order valence-electron chi connectivity index (χ0n) is 15.7. The van der Waals surface area contributed by atoms with Gasteiger partial charge in [0.05, 0.1) is 17.8 Å². The molecule has 0 saturated heterocycles. The zero-order chi connectivity index (χ0) is 19.6. The molecule has 26 heavy (non-hydrogen) atoms. The van der Waals surface area contributed by atoms with Crippen LogP contribution in [0, 0.1) is 11.3 Å². The summed E-state index contributed by atoms with van der Waals surface area (Å²) < 4.78 is 0. The number of carbonyl (C=O) groups is 1. The molecular weight excluding hydrogens is 336 g/mol. The van der Waals surface area contributed by atoms with Gasteiger partial charge in [-0.1, -0.05) is 20.8 Å². The summed E-state index contributed by atoms with van der Waals surface area (Å²) in [5.41, 5.74) is -0.906. The maximum absolute atomic E-state index is 12.9. The van der Waals surface area contributed by atoms with Gasteiger partial charge in [0.2, 0.25) is 0 Å². The molecule has 0 aliphatic heterocycles. The molecule has 0 amide bonds. The minimum Gasteiger partial charge on any atom is -0.507 e. The van der Waals surface area contributed by atoms with Crippen LogP contribution in [0.2, 0.25) is 0 Å². The number of aliphatic hydroxyl groups excluding tert-OH is 2. The molecule has 6 heteroatoms. The van der Waals surface area contributed by atoms with Gasteiger partial charge in [-0.25, -0.2) is 0 Å². The van der Waals surface area contributed by atoms with E-state index in [4.69, 9.17) is 0 Å². The first-order valence-electron chi connectivity index (χ1n) is 9.12. The second-order valence-electron chi connectivity index (χ2n) is 8.80. The molecule has 5 N–H and O–H groups in total. The second kappa shape index (κ2) is 5.86. The number of hydrogen-bond acceptors (Lipinski definition) is 6. The molecule has 0 bridgehead atoms. The molecule has 6 nitrogen and oxygen atoms in total. The highest BCUT2D eigenvalue weighted by molar-refractivity contribution is 6.03. The summed E-state index contributed by atoms with van der Waals surface area (Å²) in [4.78, 5) is 12.9. The Balaban J connectivity index is 2.29. The number of aromatic hydroxyl groups is 3. The molecule has 0 spiro atoms. The van der Waals surface area contributed by atoms with Gasteiger partial charge in [0.15, 0.2) is 17.3 Å². The van der Waals surface area contributed by atoms with E-state index in [9.17, 15) is 30.3 Å². The highest BCUT2D eigenvalue weighted by Crippen LogP contribution is 2.61. The highest BCUT2D eigenvalue weighted by Gasteiger charge is 2.57. The van der Waals surface area contributed by atoms with Crippen molar-refractivity contribution in [3.8, 4) is 17.2 Å². The van der Waals surface area contributed by atoms with E-state index in [1.165, 1.54) is 6.92 Å². The second-order valence-corrected chi connectivity index (χ2v) is 8.80. The van der Waals surface area contributed by atoms with Gasteiger partial charge in [-0.15, -0.1) is 0 Å². The van der Waals surface area contributed by atoms with Gasteiger partial charge in [-0.3, -0.25) is 4.79 Å². The quantitative estimate of drug-likeness (QED) is 0.406. The van der Waals surface area contributed by atoms with Crippen molar-refractivity contribution in [3.63, 3.8) is 0 Å². The van der Waals surface area contributed by atoms with Gasteiger partial charge in [0.1, 0.15) is 5.75 Å². The highest BCUT2D eigenvalue weighted by atomic mass is 16.3. The lowest BCUT2D eigenvalue weighted by Gasteiger charge is -2.55. The first-order valence-corrected chi connectivity index (χ1v) is 9.12. The first-order chi connectivity index (χ1) is 11.9. The number of fused-ring (bicyclic) bond motifs is 3. The summed E-state index contributed by atoms with van der Waals surface area (Å²) >= 11 is 0. The number of ketones is 1. The number of aliphatic hydroxyl groups is 2. The molecule has 0 aromatic heterocycles. The van der Waals surface area contributed by atoms with Gasteiger partial charge >= 0.3 is 0 Å². The van der Waals surface area contributed by atoms with E-state index in [-0.39, 0.29) is 47.0 Å². The fourth-order valence-electron chi connectivity index (χ4n) is 5.19. The standard InChI is InChI=1S/C20H28O6/c1-9(21)7-10-16(24)14-11(22)8-12-19(2,3)13(23)5-6-20(12,4)15(14)18(26)17(10)25/h9,12-13,21,23-26H,5-8H2,1-4H3/t9-,12+,13+,20+/m1/s1. The van der Waals surface area contributed by atoms with E-state index < -0.39 is 34.5 Å². The van der Waals surface area contributed by atoms with Gasteiger partial charge in [-0.05, 0) is 31.1 Å². The van der Waals surface area contributed by atoms with Crippen LogP contribution in [0.4, 0.5) is 0 Å². The molecule has 0 heterocycles. The smallest absolute Gasteiger partial charge is 0.167 e. The van der Waals surface area contributed by atoms with Gasteiger partial charge in [0.25, 0.3) is 0 Å². The molecule has 0 radical (unpaired) electrons. The van der Waals surface area contributed by atoms with Crippen LogP contribution in [0.25, 0.3) is 0 Å². The molecule has 2 aliphatic carbocycles. The molecule has 1 aromatic rings. The summed E-state index contributed by atoms with van der Waals surface area (Å²) in [6.07, 6.45) is -0.298. The first kappa shape index (κ1) is 19.0. The summed E-state index contributed by atoms with van der Waals surface area (Å²) in [6, 6.07) is 0. The molecule has 144 valence electrons. The SMILES string of the molecule is C[C@@H](O)Cc1c(O)c(O)c2c(c1O)C(=O)C[C@H]1C(C)(C)[C@@H](O)CC[C@]21C. The number of phenolic OH excluding ortho intramolecular Hbond substituents is 3. The van der Waals surface area contributed by atoms with E-state index in [2.05, 4.69) is 0 Å². The van der Waals surface area contributed by atoms with Crippen molar-refractivity contribution in [2.45, 2.75) is 71.0 Å². The lowest BCUT2D eigenvalue weighted by molar-refractivity contribution is -0.0693. The van der Waals surface area contributed by atoms with Gasteiger partial charge < -0.3 is 25.5 Å². The van der Waals surface area contributed by atoms with Crippen LogP contribution >= 0.6 is 0 Å². The van der Waals surface area contributed by atoms with Crippen LogP contribution in [0.5, 0.6) is 17.2 Å². The van der Waals surface area contributed by atoms with Crippen LogP contribution in [0.1, 0.15) is 68.4 Å². The Hall–Kier alpha value is -1.79. The van der Waals surface area contributed by atoms with Crippen LogP contribution in [-0.2, 0) is 11.8 Å². The monoisotopic (exact) mass is 364 g/mol. The Morgan fingerprint density at radius 3 is 2.31 bits per heavy atom. The van der Waals surface area contributed by atoms with Crippen molar-refractivity contribution in [2.24, 2.45) is 11.3 Å². The lowest BCUT2D eigenvalue weighted by atomic mass is 9.49. The van der Waals surface area contributed by atoms with Crippen molar-refractivity contribution in [3.05, 3.63) is 16.7 Å². The normalized spacial score (nSPS) is 31.2. The maximum atomic E-state index is 12.9. The Bertz CT molecular complexity index is 766. The Morgan fingerprint density at radius 1 is 1.12 bits per heavy atom. The molecule has 1 fully saturated rings. The third kappa shape index (κ3) is 2.42. The molecular formula is C20H28O6. The minimum atomic E-state index is -0.852. The Kier molecular flexibility index (Phi) is 4.28. The number of carbonyl (C=O) groups excluding carboxylic acids is 1. The van der Waals surface area contributed by atoms with E-state index >= 15 is 0 Å². The van der Waals surface area contributed by atoms with Crippen molar-refractivity contribution < 1.29 is 30.3 Å². The number of rotatable bonds is 2. The Labute approximate surface area is 153 Å². The summed E-state index contributed by atoms with van der Waals surface area (Å²) in [5, 5.41) is 52.0. The topological polar surface area (TPSA) is 118 Å². The predicted molar refractivity (Wildman–Crippen MR) is 95.6 cm³/mol. The van der Waals surface area contributed by atoms with E-state index in [0.717, 1.165) is 0 Å². The molecule has 3 rings (SSSR count). The Morgan fingerprint density at radius 2 is 1.73 bits per heavy atom. The lowest BCUT2D eigenvalue weighted by Crippen LogP contribution is -2.54. The summed E-state index contributed by atoms with van der Waals surface area (Å²) in [6.45, 7) is 7.25. The number of benzene rings is 1. The zero-order valence-corrected chi connectivity index (χ0v) is 15.7. The van der Waals surface area contributed by atoms with Crippen LogP contribution < -0.4 is 0 Å².